The number of amides is 2. The van der Waals surface area contributed by atoms with Gasteiger partial charge in [-0.25, -0.2) is 5.84 Å². The Bertz CT molecular complexity index is 257. The van der Waals surface area contributed by atoms with Crippen LogP contribution in [0.3, 0.4) is 0 Å². The van der Waals surface area contributed by atoms with Crippen LogP contribution in [-0.4, -0.2) is 29.6 Å². The second kappa shape index (κ2) is 5.09. The van der Waals surface area contributed by atoms with Gasteiger partial charge in [-0.2, -0.15) is 0 Å². The fourth-order valence-electron chi connectivity index (χ4n) is 1.93. The van der Waals surface area contributed by atoms with Crippen LogP contribution in [0.1, 0.15) is 19.8 Å². The predicted octanol–water partition coefficient (Wildman–Crippen LogP) is -1.50. The molecule has 1 fully saturated rings. The van der Waals surface area contributed by atoms with Gasteiger partial charge in [-0.3, -0.25) is 15.0 Å². The van der Waals surface area contributed by atoms with Gasteiger partial charge in [0.05, 0.1) is 6.10 Å². The van der Waals surface area contributed by atoms with Crippen molar-refractivity contribution < 1.29 is 14.7 Å². The van der Waals surface area contributed by atoms with E-state index in [4.69, 9.17) is 5.84 Å². The molecule has 0 saturated heterocycles. The maximum absolute atomic E-state index is 11.2. The Morgan fingerprint density at radius 1 is 1.47 bits per heavy atom. The monoisotopic (exact) mass is 215 g/mol. The van der Waals surface area contributed by atoms with E-state index < -0.39 is 6.10 Å². The molecular formula is C9H17N3O3. The Balaban J connectivity index is 2.42. The molecule has 5 N–H and O–H groups in total. The number of rotatable bonds is 3. The smallest absolute Gasteiger partial charge is 0.237 e. The number of hydrogen-bond donors (Lipinski definition) is 4. The van der Waals surface area contributed by atoms with Crippen LogP contribution < -0.4 is 16.6 Å². The lowest BCUT2D eigenvalue weighted by molar-refractivity contribution is -0.125. The lowest BCUT2D eigenvalue weighted by Gasteiger charge is -2.13. The number of nitrogens with two attached hydrogens (primary N) is 1. The van der Waals surface area contributed by atoms with Crippen LogP contribution in [0.5, 0.6) is 0 Å². The molecule has 1 rings (SSSR count). The van der Waals surface area contributed by atoms with E-state index in [0.717, 1.165) is 0 Å². The molecular weight excluding hydrogens is 198 g/mol. The van der Waals surface area contributed by atoms with Crippen LogP contribution in [-0.2, 0) is 9.59 Å². The third-order valence-electron chi connectivity index (χ3n) is 2.78. The molecule has 0 bridgehead atoms. The van der Waals surface area contributed by atoms with Crippen molar-refractivity contribution in [2.75, 3.05) is 6.54 Å². The fraction of sp³-hybridized carbons (Fsp3) is 0.778. The molecule has 0 aromatic rings. The predicted molar refractivity (Wildman–Crippen MR) is 53.2 cm³/mol. The third kappa shape index (κ3) is 3.17. The summed E-state index contributed by atoms with van der Waals surface area (Å²) in [6, 6.07) is 0. The number of nitrogens with one attached hydrogen (secondary N) is 2. The Kier molecular flexibility index (Phi) is 4.05. The molecule has 0 aromatic carbocycles. The van der Waals surface area contributed by atoms with Crippen molar-refractivity contribution in [2.24, 2.45) is 17.7 Å². The molecule has 3 atom stereocenters. The topological polar surface area (TPSA) is 104 Å². The van der Waals surface area contributed by atoms with Crippen LogP contribution in [0.4, 0.5) is 0 Å². The Labute approximate surface area is 88.2 Å². The van der Waals surface area contributed by atoms with E-state index in [0.29, 0.717) is 19.4 Å². The van der Waals surface area contributed by atoms with E-state index in [9.17, 15) is 14.7 Å². The molecule has 0 heterocycles. The van der Waals surface area contributed by atoms with E-state index in [1.165, 1.54) is 6.92 Å². The molecule has 0 radical (unpaired) electrons. The van der Waals surface area contributed by atoms with Crippen LogP contribution in [0, 0.1) is 11.8 Å². The molecule has 0 aliphatic heterocycles. The molecule has 6 heteroatoms. The summed E-state index contributed by atoms with van der Waals surface area (Å²) in [6.45, 7) is 1.83. The number of aliphatic hydroxyl groups excluding tert-OH is 1. The zero-order valence-electron chi connectivity index (χ0n) is 8.69. The van der Waals surface area contributed by atoms with Gasteiger partial charge < -0.3 is 10.4 Å². The average molecular weight is 215 g/mol. The Hall–Kier alpha value is -1.14. The lowest BCUT2D eigenvalue weighted by atomic mass is 10.0. The Morgan fingerprint density at radius 2 is 2.13 bits per heavy atom. The van der Waals surface area contributed by atoms with Gasteiger partial charge in [-0.15, -0.1) is 0 Å². The standard InChI is InChI=1S/C9H17N3O3/c1-5(13)11-4-7-2-6(3-8(7)14)9(15)12-10/h6-8,14H,2-4,10H2,1H3,(H,11,13)(H,12,15)/t6-,7+,8+/m1/s1. The number of hydrogen-bond acceptors (Lipinski definition) is 4. The number of carbonyl (C=O) groups is 2. The van der Waals surface area contributed by atoms with Gasteiger partial charge in [-0.1, -0.05) is 0 Å². The van der Waals surface area contributed by atoms with E-state index >= 15 is 0 Å². The first-order valence-electron chi connectivity index (χ1n) is 4.97. The minimum absolute atomic E-state index is 0.0591. The van der Waals surface area contributed by atoms with Crippen LogP contribution in [0.25, 0.3) is 0 Å². The highest BCUT2D eigenvalue weighted by Crippen LogP contribution is 2.30. The number of aliphatic hydroxyl groups is 1. The highest BCUT2D eigenvalue weighted by atomic mass is 16.3. The first-order chi connectivity index (χ1) is 7.04. The quantitative estimate of drug-likeness (QED) is 0.261. The summed E-state index contributed by atoms with van der Waals surface area (Å²) in [4.78, 5) is 21.9. The zero-order valence-corrected chi connectivity index (χ0v) is 8.69. The number of hydrazine groups is 1. The summed E-state index contributed by atoms with van der Waals surface area (Å²) in [5, 5.41) is 12.3. The molecule has 0 spiro atoms. The van der Waals surface area contributed by atoms with Gasteiger partial charge in [0, 0.05) is 25.3 Å². The first-order valence-corrected chi connectivity index (χ1v) is 4.97. The fourth-order valence-corrected chi connectivity index (χ4v) is 1.93. The SMILES string of the molecule is CC(=O)NC[C@@H]1C[C@@H](C(=O)NN)C[C@@H]1O. The molecule has 1 saturated carbocycles. The lowest BCUT2D eigenvalue weighted by Crippen LogP contribution is -2.35. The van der Waals surface area contributed by atoms with E-state index in [1.807, 2.05) is 0 Å². The summed E-state index contributed by atoms with van der Waals surface area (Å²) < 4.78 is 0. The summed E-state index contributed by atoms with van der Waals surface area (Å²) in [7, 11) is 0. The molecule has 86 valence electrons. The maximum atomic E-state index is 11.2. The van der Waals surface area contributed by atoms with Crippen molar-refractivity contribution in [1.82, 2.24) is 10.7 Å². The molecule has 6 nitrogen and oxygen atoms in total. The summed E-state index contributed by atoms with van der Waals surface area (Å²) >= 11 is 0. The van der Waals surface area contributed by atoms with E-state index in [1.54, 1.807) is 0 Å². The summed E-state index contributed by atoms with van der Waals surface area (Å²) in [6.07, 6.45) is 0.428. The maximum Gasteiger partial charge on any atom is 0.237 e. The zero-order chi connectivity index (χ0) is 11.4. The summed E-state index contributed by atoms with van der Waals surface area (Å²) in [5.74, 6) is 4.33. The minimum Gasteiger partial charge on any atom is -0.393 e. The number of carbonyl (C=O) groups excluding carboxylic acids is 2. The second-order valence-corrected chi connectivity index (χ2v) is 3.94. The van der Waals surface area contributed by atoms with Gasteiger partial charge in [0.25, 0.3) is 0 Å². The minimum atomic E-state index is -0.542. The Morgan fingerprint density at radius 3 is 2.67 bits per heavy atom. The molecule has 0 unspecified atom stereocenters. The van der Waals surface area contributed by atoms with Crippen LogP contribution >= 0.6 is 0 Å². The van der Waals surface area contributed by atoms with Crippen LogP contribution in [0.2, 0.25) is 0 Å². The largest absolute Gasteiger partial charge is 0.393 e. The third-order valence-corrected chi connectivity index (χ3v) is 2.78. The van der Waals surface area contributed by atoms with E-state index in [-0.39, 0.29) is 23.7 Å². The van der Waals surface area contributed by atoms with Crippen LogP contribution in [0.15, 0.2) is 0 Å². The highest BCUT2D eigenvalue weighted by molar-refractivity contribution is 5.78. The van der Waals surface area contributed by atoms with Crippen molar-refractivity contribution in [3.8, 4) is 0 Å². The van der Waals surface area contributed by atoms with Crippen molar-refractivity contribution in [2.45, 2.75) is 25.9 Å². The molecule has 1 aliphatic carbocycles. The van der Waals surface area contributed by atoms with Crippen molar-refractivity contribution in [3.63, 3.8) is 0 Å². The molecule has 1 aliphatic rings. The average Bonchev–Trinajstić information content (AvgIpc) is 2.55. The van der Waals surface area contributed by atoms with Crippen molar-refractivity contribution >= 4 is 11.8 Å². The van der Waals surface area contributed by atoms with E-state index in [2.05, 4.69) is 10.7 Å². The van der Waals surface area contributed by atoms with Gasteiger partial charge in [0.1, 0.15) is 0 Å². The normalized spacial score (nSPS) is 29.9. The van der Waals surface area contributed by atoms with Crippen molar-refractivity contribution in [1.29, 1.82) is 0 Å². The first kappa shape index (κ1) is 11.9. The van der Waals surface area contributed by atoms with Gasteiger partial charge in [0.15, 0.2) is 0 Å². The van der Waals surface area contributed by atoms with Gasteiger partial charge in [0.2, 0.25) is 11.8 Å². The van der Waals surface area contributed by atoms with Crippen molar-refractivity contribution in [3.05, 3.63) is 0 Å². The summed E-state index contributed by atoms with van der Waals surface area (Å²) in [5.41, 5.74) is 2.08. The second-order valence-electron chi connectivity index (χ2n) is 3.94. The van der Waals surface area contributed by atoms with Gasteiger partial charge >= 0.3 is 0 Å². The molecule has 15 heavy (non-hydrogen) atoms. The van der Waals surface area contributed by atoms with Gasteiger partial charge in [-0.05, 0) is 12.8 Å². The molecule has 2 amide bonds. The molecule has 0 aromatic heterocycles. The highest BCUT2D eigenvalue weighted by Gasteiger charge is 2.36.